The minimum Gasteiger partial charge on any atom is -0.383 e. The van der Waals surface area contributed by atoms with Gasteiger partial charge in [0.1, 0.15) is 18.3 Å². The first kappa shape index (κ1) is 14.8. The topological polar surface area (TPSA) is 50.9 Å². The van der Waals surface area contributed by atoms with Gasteiger partial charge < -0.3 is 5.11 Å². The Balaban J connectivity index is 1.97. The Morgan fingerprint density at radius 2 is 2.29 bits per heavy atom. The van der Waals surface area contributed by atoms with Crippen molar-refractivity contribution >= 4 is 33.6 Å². The van der Waals surface area contributed by atoms with Crippen molar-refractivity contribution in [2.75, 3.05) is 0 Å². The third kappa shape index (κ3) is 3.05. The first-order chi connectivity index (χ1) is 10.1. The molecule has 1 aromatic carbocycles. The number of halogens is 2. The van der Waals surface area contributed by atoms with E-state index in [4.69, 9.17) is 11.6 Å². The molecular weight excluding hydrogens is 354 g/mol. The SMILES string of the molecule is OC(Cn1cncn1)(c1ccc(/C=C/Br)cc1Cl)C1CC1. The van der Waals surface area contributed by atoms with Gasteiger partial charge >= 0.3 is 0 Å². The average Bonchev–Trinajstić information content (AvgIpc) is 3.20. The molecule has 1 saturated carbocycles. The molecule has 1 unspecified atom stereocenters. The number of aliphatic hydroxyl groups is 1. The van der Waals surface area contributed by atoms with Crippen LogP contribution in [0.2, 0.25) is 5.02 Å². The lowest BCUT2D eigenvalue weighted by molar-refractivity contribution is -0.00766. The van der Waals surface area contributed by atoms with Crippen LogP contribution in [0, 0.1) is 5.92 Å². The predicted molar refractivity (Wildman–Crippen MR) is 86.1 cm³/mol. The van der Waals surface area contributed by atoms with E-state index in [1.807, 2.05) is 24.3 Å². The summed E-state index contributed by atoms with van der Waals surface area (Å²) in [6.45, 7) is 0.366. The standard InChI is InChI=1S/C15H15BrClN3O/c16-6-5-11-1-4-13(14(17)7-11)15(21,12-2-3-12)8-20-10-18-9-19-20/h1,4-7,9-10,12,21H,2-3,8H2/b6-5+. The van der Waals surface area contributed by atoms with Gasteiger partial charge in [0.05, 0.1) is 6.54 Å². The summed E-state index contributed by atoms with van der Waals surface area (Å²) < 4.78 is 1.65. The smallest absolute Gasteiger partial charge is 0.137 e. The maximum Gasteiger partial charge on any atom is 0.137 e. The summed E-state index contributed by atoms with van der Waals surface area (Å²) in [6, 6.07) is 5.72. The Labute approximate surface area is 136 Å². The Morgan fingerprint density at radius 3 is 2.86 bits per heavy atom. The molecule has 1 atom stereocenters. The van der Waals surface area contributed by atoms with Crippen LogP contribution in [0.4, 0.5) is 0 Å². The van der Waals surface area contributed by atoms with Gasteiger partial charge in [0.15, 0.2) is 0 Å². The fourth-order valence-electron chi connectivity index (χ4n) is 2.62. The molecular formula is C15H15BrClN3O. The summed E-state index contributed by atoms with van der Waals surface area (Å²) in [7, 11) is 0. The summed E-state index contributed by atoms with van der Waals surface area (Å²) >= 11 is 9.66. The molecule has 1 N–H and O–H groups in total. The molecule has 6 heteroatoms. The van der Waals surface area contributed by atoms with Crippen molar-refractivity contribution in [3.8, 4) is 0 Å². The molecule has 1 fully saturated rings. The number of rotatable bonds is 5. The second kappa shape index (κ2) is 5.91. The molecule has 0 amide bonds. The summed E-state index contributed by atoms with van der Waals surface area (Å²) in [5.74, 6) is 0.219. The molecule has 0 radical (unpaired) electrons. The Hall–Kier alpha value is -1.17. The van der Waals surface area contributed by atoms with E-state index < -0.39 is 5.60 Å². The molecule has 1 aromatic heterocycles. The number of nitrogens with zero attached hydrogens (tertiary/aromatic N) is 3. The van der Waals surface area contributed by atoms with Crippen molar-refractivity contribution in [3.05, 3.63) is 52.0 Å². The van der Waals surface area contributed by atoms with Gasteiger partial charge in [-0.3, -0.25) is 0 Å². The zero-order valence-corrected chi connectivity index (χ0v) is 13.6. The molecule has 4 nitrogen and oxygen atoms in total. The molecule has 110 valence electrons. The van der Waals surface area contributed by atoms with Crippen molar-refractivity contribution in [3.63, 3.8) is 0 Å². The van der Waals surface area contributed by atoms with Crippen molar-refractivity contribution in [2.45, 2.75) is 25.0 Å². The highest BCUT2D eigenvalue weighted by atomic mass is 79.9. The van der Waals surface area contributed by atoms with Crippen LogP contribution >= 0.6 is 27.5 Å². The lowest BCUT2D eigenvalue weighted by Crippen LogP contribution is -2.34. The van der Waals surface area contributed by atoms with Crippen LogP contribution in [0.1, 0.15) is 24.0 Å². The van der Waals surface area contributed by atoms with E-state index in [0.717, 1.165) is 24.0 Å². The van der Waals surface area contributed by atoms with Crippen LogP contribution in [0.25, 0.3) is 6.08 Å². The minimum atomic E-state index is -0.999. The Bertz CT molecular complexity index is 655. The van der Waals surface area contributed by atoms with Gasteiger partial charge in [-0.05, 0) is 41.5 Å². The molecule has 0 saturated heterocycles. The van der Waals surface area contributed by atoms with Gasteiger partial charge in [-0.1, -0.05) is 39.7 Å². The first-order valence-corrected chi connectivity index (χ1v) is 8.04. The van der Waals surface area contributed by atoms with Gasteiger partial charge in [0, 0.05) is 10.6 Å². The normalized spacial score (nSPS) is 18.0. The third-order valence-corrected chi connectivity index (χ3v) is 4.41. The predicted octanol–water partition coefficient (Wildman–Crippen LogP) is 3.59. The number of benzene rings is 1. The Morgan fingerprint density at radius 1 is 1.48 bits per heavy atom. The third-order valence-electron chi connectivity index (χ3n) is 3.84. The van der Waals surface area contributed by atoms with Crippen LogP contribution in [-0.4, -0.2) is 19.9 Å². The summed E-state index contributed by atoms with van der Waals surface area (Å²) in [5.41, 5.74) is 0.745. The highest BCUT2D eigenvalue weighted by molar-refractivity contribution is 9.11. The molecule has 1 aliphatic carbocycles. The van der Waals surface area contributed by atoms with Crippen LogP contribution in [-0.2, 0) is 12.1 Å². The van der Waals surface area contributed by atoms with Gasteiger partial charge in [-0.25, -0.2) is 9.67 Å². The summed E-state index contributed by atoms with van der Waals surface area (Å²) in [5, 5.41) is 15.9. The molecule has 1 aliphatic rings. The van der Waals surface area contributed by atoms with Crippen molar-refractivity contribution in [1.82, 2.24) is 14.8 Å². The van der Waals surface area contributed by atoms with E-state index >= 15 is 0 Å². The van der Waals surface area contributed by atoms with E-state index in [9.17, 15) is 5.11 Å². The zero-order valence-electron chi connectivity index (χ0n) is 11.3. The van der Waals surface area contributed by atoms with Gasteiger partial charge in [-0.15, -0.1) is 0 Å². The number of hydrogen-bond donors (Lipinski definition) is 1. The fraction of sp³-hybridized carbons (Fsp3) is 0.333. The lowest BCUT2D eigenvalue weighted by atomic mass is 9.88. The summed E-state index contributed by atoms with van der Waals surface area (Å²) in [6.07, 6.45) is 7.00. The summed E-state index contributed by atoms with van der Waals surface area (Å²) in [4.78, 5) is 5.71. The quantitative estimate of drug-likeness (QED) is 0.877. The maximum atomic E-state index is 11.2. The zero-order chi connectivity index (χ0) is 14.9. The Kier molecular flexibility index (Phi) is 4.15. The first-order valence-electron chi connectivity index (χ1n) is 6.75. The minimum absolute atomic E-state index is 0.219. The van der Waals surface area contributed by atoms with E-state index in [-0.39, 0.29) is 5.92 Å². The highest BCUT2D eigenvalue weighted by Crippen LogP contribution is 2.48. The number of hydrogen-bond acceptors (Lipinski definition) is 3. The van der Waals surface area contributed by atoms with Gasteiger partial charge in [0.25, 0.3) is 0 Å². The van der Waals surface area contributed by atoms with Crippen molar-refractivity contribution in [2.24, 2.45) is 5.92 Å². The second-order valence-corrected chi connectivity index (χ2v) is 6.26. The maximum absolute atomic E-state index is 11.2. The molecule has 21 heavy (non-hydrogen) atoms. The van der Waals surface area contributed by atoms with E-state index in [1.165, 1.54) is 6.33 Å². The van der Waals surface area contributed by atoms with Gasteiger partial charge in [0.2, 0.25) is 0 Å². The van der Waals surface area contributed by atoms with Crippen LogP contribution in [0.15, 0.2) is 35.8 Å². The lowest BCUT2D eigenvalue weighted by Gasteiger charge is -2.29. The molecule has 2 aromatic rings. The van der Waals surface area contributed by atoms with Crippen molar-refractivity contribution < 1.29 is 5.11 Å². The monoisotopic (exact) mass is 367 g/mol. The molecule has 3 rings (SSSR count). The van der Waals surface area contributed by atoms with E-state index in [1.54, 1.807) is 16.0 Å². The van der Waals surface area contributed by atoms with E-state index in [0.29, 0.717) is 11.6 Å². The van der Waals surface area contributed by atoms with Gasteiger partial charge in [-0.2, -0.15) is 5.10 Å². The fourth-order valence-corrected chi connectivity index (χ4v) is 3.27. The highest BCUT2D eigenvalue weighted by Gasteiger charge is 2.46. The largest absolute Gasteiger partial charge is 0.383 e. The van der Waals surface area contributed by atoms with Crippen LogP contribution in [0.5, 0.6) is 0 Å². The molecule has 0 aliphatic heterocycles. The molecule has 1 heterocycles. The van der Waals surface area contributed by atoms with Crippen molar-refractivity contribution in [1.29, 1.82) is 0 Å². The van der Waals surface area contributed by atoms with Crippen LogP contribution < -0.4 is 0 Å². The van der Waals surface area contributed by atoms with E-state index in [2.05, 4.69) is 26.0 Å². The van der Waals surface area contributed by atoms with Crippen LogP contribution in [0.3, 0.4) is 0 Å². The molecule has 0 spiro atoms. The average molecular weight is 369 g/mol. The molecule has 0 bridgehead atoms. The number of aromatic nitrogens is 3. The second-order valence-electron chi connectivity index (χ2n) is 5.32.